The van der Waals surface area contributed by atoms with Gasteiger partial charge in [-0.3, -0.25) is 4.79 Å². The Balaban J connectivity index is 2.22. The molecule has 1 aromatic carbocycles. The lowest BCUT2D eigenvalue weighted by atomic mass is 9.93. The average Bonchev–Trinajstić information content (AvgIpc) is 2.45. The van der Waals surface area contributed by atoms with Crippen LogP contribution in [0.1, 0.15) is 48.0 Å². The summed E-state index contributed by atoms with van der Waals surface area (Å²) in [6.07, 6.45) is 7.18. The third-order valence-corrected chi connectivity index (χ3v) is 4.07. The minimum Gasteiger partial charge on any atom is -0.395 e. The fraction of sp³-hybridized carbons (Fsp3) is 0.562. The number of nitrogens with zero attached hydrogens (tertiary/aromatic N) is 1. The van der Waals surface area contributed by atoms with Crippen LogP contribution >= 0.6 is 0 Å². The molecule has 1 N–H and O–H groups in total. The summed E-state index contributed by atoms with van der Waals surface area (Å²) in [5.74, 6) is 0. The van der Waals surface area contributed by atoms with Gasteiger partial charge < -0.3 is 10.0 Å². The third-order valence-electron chi connectivity index (χ3n) is 4.07. The minimum atomic E-state index is 0.172. The zero-order valence-electron chi connectivity index (χ0n) is 11.6. The number of anilines is 1. The normalized spacial score (nSPS) is 16.3. The van der Waals surface area contributed by atoms with Crippen LogP contribution < -0.4 is 4.90 Å². The van der Waals surface area contributed by atoms with Crippen molar-refractivity contribution in [1.82, 2.24) is 0 Å². The second-order valence-electron chi connectivity index (χ2n) is 5.37. The molecule has 1 saturated carbocycles. The number of aryl methyl sites for hydroxylation is 1. The van der Waals surface area contributed by atoms with E-state index in [1.165, 1.54) is 32.1 Å². The summed E-state index contributed by atoms with van der Waals surface area (Å²) in [4.78, 5) is 13.2. The third kappa shape index (κ3) is 3.35. The summed E-state index contributed by atoms with van der Waals surface area (Å²) in [5, 5.41) is 9.30. The minimum absolute atomic E-state index is 0.172. The Morgan fingerprint density at radius 3 is 2.63 bits per heavy atom. The Kier molecular flexibility index (Phi) is 4.97. The Morgan fingerprint density at radius 1 is 1.32 bits per heavy atom. The lowest BCUT2D eigenvalue weighted by molar-refractivity contribution is 0.112. The van der Waals surface area contributed by atoms with Crippen LogP contribution in [-0.2, 0) is 0 Å². The summed E-state index contributed by atoms with van der Waals surface area (Å²) in [7, 11) is 0. The van der Waals surface area contributed by atoms with Gasteiger partial charge in [0.25, 0.3) is 0 Å². The first-order valence-electron chi connectivity index (χ1n) is 7.19. The quantitative estimate of drug-likeness (QED) is 0.828. The molecule has 1 fully saturated rings. The van der Waals surface area contributed by atoms with Crippen LogP contribution in [0.4, 0.5) is 5.69 Å². The van der Waals surface area contributed by atoms with Crippen molar-refractivity contribution >= 4 is 12.0 Å². The van der Waals surface area contributed by atoms with Crippen molar-refractivity contribution in [3.8, 4) is 0 Å². The predicted molar refractivity (Wildman–Crippen MR) is 77.9 cm³/mol. The molecule has 0 bridgehead atoms. The average molecular weight is 261 g/mol. The maximum atomic E-state index is 10.9. The van der Waals surface area contributed by atoms with Gasteiger partial charge in [0.05, 0.1) is 6.61 Å². The van der Waals surface area contributed by atoms with Crippen LogP contribution in [0.3, 0.4) is 0 Å². The fourth-order valence-corrected chi connectivity index (χ4v) is 2.99. The van der Waals surface area contributed by atoms with Gasteiger partial charge in [-0.1, -0.05) is 19.3 Å². The molecule has 104 valence electrons. The smallest absolute Gasteiger partial charge is 0.150 e. The molecule has 0 unspecified atom stereocenters. The number of aliphatic hydroxyl groups excluding tert-OH is 1. The zero-order valence-corrected chi connectivity index (χ0v) is 11.6. The van der Waals surface area contributed by atoms with Crippen molar-refractivity contribution in [2.45, 2.75) is 45.1 Å². The Hall–Kier alpha value is -1.35. The highest BCUT2D eigenvalue weighted by atomic mass is 16.3. The monoisotopic (exact) mass is 261 g/mol. The predicted octanol–water partition coefficient (Wildman–Crippen LogP) is 2.94. The Morgan fingerprint density at radius 2 is 2.05 bits per heavy atom. The SMILES string of the molecule is Cc1cc(N(CCO)C2CCCCC2)ccc1C=O. The molecule has 0 saturated heterocycles. The van der Waals surface area contributed by atoms with Gasteiger partial charge in [-0.05, 0) is 43.5 Å². The number of carbonyl (C=O) groups excluding carboxylic acids is 1. The van der Waals surface area contributed by atoms with Crippen molar-refractivity contribution in [1.29, 1.82) is 0 Å². The van der Waals surface area contributed by atoms with E-state index in [4.69, 9.17) is 0 Å². The van der Waals surface area contributed by atoms with E-state index in [0.717, 1.165) is 23.1 Å². The summed E-state index contributed by atoms with van der Waals surface area (Å²) in [6, 6.07) is 6.47. The molecule has 3 heteroatoms. The highest BCUT2D eigenvalue weighted by Gasteiger charge is 2.21. The van der Waals surface area contributed by atoms with Crippen molar-refractivity contribution < 1.29 is 9.90 Å². The Bertz CT molecular complexity index is 425. The molecular formula is C16H23NO2. The molecule has 2 rings (SSSR count). The van der Waals surface area contributed by atoms with Crippen molar-refractivity contribution in [2.24, 2.45) is 0 Å². The standard InChI is InChI=1S/C16H23NO2/c1-13-11-16(8-7-14(13)12-19)17(9-10-18)15-5-3-2-4-6-15/h7-8,11-12,15,18H,2-6,9-10H2,1H3. The molecule has 0 spiro atoms. The molecule has 0 amide bonds. The summed E-state index contributed by atoms with van der Waals surface area (Å²) >= 11 is 0. The summed E-state index contributed by atoms with van der Waals surface area (Å²) in [5.41, 5.74) is 2.88. The molecule has 0 aliphatic heterocycles. The van der Waals surface area contributed by atoms with Gasteiger partial charge in [0.1, 0.15) is 6.29 Å². The van der Waals surface area contributed by atoms with Gasteiger partial charge in [-0.25, -0.2) is 0 Å². The molecule has 1 aliphatic rings. The number of aldehydes is 1. The largest absolute Gasteiger partial charge is 0.395 e. The molecule has 19 heavy (non-hydrogen) atoms. The topological polar surface area (TPSA) is 40.5 Å². The van der Waals surface area contributed by atoms with E-state index >= 15 is 0 Å². The number of carbonyl (C=O) groups is 1. The number of rotatable bonds is 5. The van der Waals surface area contributed by atoms with Crippen LogP contribution in [0, 0.1) is 6.92 Å². The molecular weight excluding hydrogens is 238 g/mol. The second-order valence-corrected chi connectivity index (χ2v) is 5.37. The molecule has 1 aromatic rings. The first-order valence-corrected chi connectivity index (χ1v) is 7.19. The van der Waals surface area contributed by atoms with Gasteiger partial charge in [-0.2, -0.15) is 0 Å². The maximum Gasteiger partial charge on any atom is 0.150 e. The van der Waals surface area contributed by atoms with Crippen LogP contribution in [0.2, 0.25) is 0 Å². The van der Waals surface area contributed by atoms with Gasteiger partial charge in [-0.15, -0.1) is 0 Å². The molecule has 0 atom stereocenters. The van der Waals surface area contributed by atoms with E-state index in [9.17, 15) is 9.90 Å². The number of hydrogen-bond donors (Lipinski definition) is 1. The van der Waals surface area contributed by atoms with Crippen LogP contribution in [0.5, 0.6) is 0 Å². The molecule has 0 aromatic heterocycles. The van der Waals surface area contributed by atoms with E-state index in [1.807, 2.05) is 19.1 Å². The summed E-state index contributed by atoms with van der Waals surface area (Å²) in [6.45, 7) is 2.81. The first-order chi connectivity index (χ1) is 9.26. The lowest BCUT2D eigenvalue weighted by Gasteiger charge is -2.36. The second kappa shape index (κ2) is 6.71. The van der Waals surface area contributed by atoms with Crippen molar-refractivity contribution in [3.05, 3.63) is 29.3 Å². The van der Waals surface area contributed by atoms with E-state index in [1.54, 1.807) is 0 Å². The van der Waals surface area contributed by atoms with Crippen LogP contribution in [0.25, 0.3) is 0 Å². The van der Waals surface area contributed by atoms with Gasteiger partial charge in [0, 0.05) is 23.8 Å². The highest BCUT2D eigenvalue weighted by molar-refractivity contribution is 5.78. The lowest BCUT2D eigenvalue weighted by Crippen LogP contribution is -2.38. The maximum absolute atomic E-state index is 10.9. The molecule has 0 radical (unpaired) electrons. The number of hydrogen-bond acceptors (Lipinski definition) is 3. The van der Waals surface area contributed by atoms with Crippen LogP contribution in [0.15, 0.2) is 18.2 Å². The number of benzene rings is 1. The van der Waals surface area contributed by atoms with Gasteiger partial charge in [0.15, 0.2) is 0 Å². The Labute approximate surface area is 115 Å². The van der Waals surface area contributed by atoms with Gasteiger partial charge >= 0.3 is 0 Å². The fourth-order valence-electron chi connectivity index (χ4n) is 2.99. The molecule has 0 heterocycles. The molecule has 3 nitrogen and oxygen atoms in total. The van der Waals surface area contributed by atoms with Crippen LogP contribution in [-0.4, -0.2) is 30.6 Å². The van der Waals surface area contributed by atoms with Crippen molar-refractivity contribution in [2.75, 3.05) is 18.1 Å². The van der Waals surface area contributed by atoms with E-state index < -0.39 is 0 Å². The zero-order chi connectivity index (χ0) is 13.7. The first kappa shape index (κ1) is 14.1. The van der Waals surface area contributed by atoms with Crippen molar-refractivity contribution in [3.63, 3.8) is 0 Å². The van der Waals surface area contributed by atoms with E-state index in [2.05, 4.69) is 11.0 Å². The molecule has 1 aliphatic carbocycles. The van der Waals surface area contributed by atoms with E-state index in [-0.39, 0.29) is 6.61 Å². The number of aliphatic hydroxyl groups is 1. The van der Waals surface area contributed by atoms with Gasteiger partial charge in [0.2, 0.25) is 0 Å². The van der Waals surface area contributed by atoms with E-state index in [0.29, 0.717) is 12.6 Å². The summed E-state index contributed by atoms with van der Waals surface area (Å²) < 4.78 is 0. The highest BCUT2D eigenvalue weighted by Crippen LogP contribution is 2.28.